The molecule has 64 valence electrons. The minimum atomic E-state index is -0.540. The number of hydrogen-bond donors (Lipinski definition) is 2. The van der Waals surface area contributed by atoms with Crippen molar-refractivity contribution in [3.05, 3.63) is 35.9 Å². The third-order valence-electron chi connectivity index (χ3n) is 1.43. The van der Waals surface area contributed by atoms with Gasteiger partial charge in [-0.1, -0.05) is 43.1 Å². The zero-order chi connectivity index (χ0) is 8.97. The third-order valence-corrected chi connectivity index (χ3v) is 1.77. The van der Waals surface area contributed by atoms with Gasteiger partial charge >= 0.3 is 6.03 Å². The van der Waals surface area contributed by atoms with Crippen molar-refractivity contribution in [1.29, 1.82) is 0 Å². The molecular formula is C8H10N2OS. The average molecular weight is 182 g/mol. The molecule has 1 aromatic rings. The third kappa shape index (κ3) is 2.47. The maximum atomic E-state index is 10.6. The van der Waals surface area contributed by atoms with Crippen molar-refractivity contribution in [1.82, 2.24) is 4.31 Å². The first-order chi connectivity index (χ1) is 5.70. The Kier molecular flexibility index (Phi) is 2.99. The summed E-state index contributed by atoms with van der Waals surface area (Å²) < 4.78 is 1.16. The molecule has 3 nitrogen and oxygen atoms in total. The lowest BCUT2D eigenvalue weighted by molar-refractivity contribution is 0.234. The largest absolute Gasteiger partial charge is 0.351 e. The summed E-state index contributed by atoms with van der Waals surface area (Å²) in [6.45, 7) is 0.430. The van der Waals surface area contributed by atoms with Crippen LogP contribution in [-0.4, -0.2) is 10.3 Å². The molecule has 0 aliphatic carbocycles. The zero-order valence-corrected chi connectivity index (χ0v) is 7.37. The molecule has 2 N–H and O–H groups in total. The number of carbonyl (C=O) groups excluding carboxylic acids is 1. The number of carbonyl (C=O) groups is 1. The molecule has 0 radical (unpaired) electrons. The molecule has 0 aromatic heterocycles. The lowest BCUT2D eigenvalue weighted by atomic mass is 10.2. The first-order valence-corrected chi connectivity index (χ1v) is 3.90. The standard InChI is InChI=1S/C8H10N2OS/c9-8(11)10(12)6-7-4-2-1-3-5-7/h1-5,12H,6H2,(H2,9,11). The van der Waals surface area contributed by atoms with Crippen molar-refractivity contribution >= 4 is 18.8 Å². The molecule has 0 heterocycles. The van der Waals surface area contributed by atoms with Crippen molar-refractivity contribution in [3.63, 3.8) is 0 Å². The number of nitrogens with zero attached hydrogens (tertiary/aromatic N) is 1. The maximum absolute atomic E-state index is 10.6. The van der Waals surface area contributed by atoms with E-state index in [9.17, 15) is 4.79 Å². The fourth-order valence-electron chi connectivity index (χ4n) is 0.834. The van der Waals surface area contributed by atoms with Gasteiger partial charge in [0.15, 0.2) is 0 Å². The summed E-state index contributed by atoms with van der Waals surface area (Å²) in [7, 11) is 0. The van der Waals surface area contributed by atoms with Crippen LogP contribution in [0.2, 0.25) is 0 Å². The van der Waals surface area contributed by atoms with Gasteiger partial charge < -0.3 is 5.73 Å². The molecule has 1 rings (SSSR count). The van der Waals surface area contributed by atoms with Gasteiger partial charge in [-0.25, -0.2) is 4.79 Å². The normalized spacial score (nSPS) is 9.42. The van der Waals surface area contributed by atoms with Crippen LogP contribution in [-0.2, 0) is 6.54 Å². The number of benzene rings is 1. The second kappa shape index (κ2) is 4.01. The van der Waals surface area contributed by atoms with Crippen LogP contribution in [0.4, 0.5) is 4.79 Å². The number of primary amides is 1. The summed E-state index contributed by atoms with van der Waals surface area (Å²) in [5.74, 6) is 0. The molecule has 0 unspecified atom stereocenters. The molecular weight excluding hydrogens is 172 g/mol. The molecule has 0 atom stereocenters. The molecule has 0 bridgehead atoms. The minimum Gasteiger partial charge on any atom is -0.351 e. The average Bonchev–Trinajstić information content (AvgIpc) is 2.06. The molecule has 0 saturated heterocycles. The lowest BCUT2D eigenvalue weighted by Gasteiger charge is -2.11. The van der Waals surface area contributed by atoms with Gasteiger partial charge in [-0.2, -0.15) is 0 Å². The maximum Gasteiger partial charge on any atom is 0.324 e. The van der Waals surface area contributed by atoms with Crippen molar-refractivity contribution in [2.24, 2.45) is 5.73 Å². The van der Waals surface area contributed by atoms with Crippen LogP contribution in [0.1, 0.15) is 5.56 Å². The van der Waals surface area contributed by atoms with Crippen LogP contribution < -0.4 is 5.73 Å². The highest BCUT2D eigenvalue weighted by atomic mass is 32.1. The van der Waals surface area contributed by atoms with Gasteiger partial charge in [0.1, 0.15) is 0 Å². The van der Waals surface area contributed by atoms with Gasteiger partial charge in [-0.05, 0) is 5.56 Å². The number of nitrogens with two attached hydrogens (primary N) is 1. The van der Waals surface area contributed by atoms with E-state index in [-0.39, 0.29) is 0 Å². The molecule has 0 saturated carbocycles. The fraction of sp³-hybridized carbons (Fsp3) is 0.125. The van der Waals surface area contributed by atoms with E-state index in [1.165, 1.54) is 0 Å². The van der Waals surface area contributed by atoms with Gasteiger partial charge in [0.2, 0.25) is 0 Å². The summed E-state index contributed by atoms with van der Waals surface area (Å²) in [5, 5.41) is 0. The molecule has 0 spiro atoms. The van der Waals surface area contributed by atoms with E-state index >= 15 is 0 Å². The summed E-state index contributed by atoms with van der Waals surface area (Å²) in [4.78, 5) is 10.6. The molecule has 4 heteroatoms. The van der Waals surface area contributed by atoms with E-state index in [4.69, 9.17) is 5.73 Å². The van der Waals surface area contributed by atoms with Gasteiger partial charge in [0.25, 0.3) is 0 Å². The Morgan fingerprint density at radius 2 is 2.00 bits per heavy atom. The van der Waals surface area contributed by atoms with Gasteiger partial charge in [0.05, 0.1) is 6.54 Å². The Labute approximate surface area is 76.7 Å². The second-order valence-corrected chi connectivity index (χ2v) is 2.86. The van der Waals surface area contributed by atoms with E-state index in [1.54, 1.807) is 0 Å². The first-order valence-electron chi connectivity index (χ1n) is 3.50. The second-order valence-electron chi connectivity index (χ2n) is 2.38. The highest BCUT2D eigenvalue weighted by Gasteiger charge is 2.03. The Morgan fingerprint density at radius 1 is 1.42 bits per heavy atom. The number of thiol groups is 1. The van der Waals surface area contributed by atoms with E-state index < -0.39 is 6.03 Å². The first kappa shape index (κ1) is 8.93. The lowest BCUT2D eigenvalue weighted by Crippen LogP contribution is -2.26. The molecule has 2 amide bonds. The predicted octanol–water partition coefficient (Wildman–Crippen LogP) is 1.41. The van der Waals surface area contributed by atoms with Gasteiger partial charge in [-0.3, -0.25) is 4.31 Å². The molecule has 1 aromatic carbocycles. The Bertz CT molecular complexity index is 263. The van der Waals surface area contributed by atoms with Crippen molar-refractivity contribution in [2.45, 2.75) is 6.54 Å². The summed E-state index contributed by atoms with van der Waals surface area (Å²) in [5.41, 5.74) is 6.00. The number of urea groups is 1. The number of hydrogen-bond acceptors (Lipinski definition) is 2. The molecule has 0 fully saturated rings. The van der Waals surface area contributed by atoms with Crippen LogP contribution in [0.3, 0.4) is 0 Å². The Balaban J connectivity index is 2.58. The summed E-state index contributed by atoms with van der Waals surface area (Å²) >= 11 is 3.90. The van der Waals surface area contributed by atoms with Crippen LogP contribution in [0.15, 0.2) is 30.3 Å². The van der Waals surface area contributed by atoms with Crippen molar-refractivity contribution < 1.29 is 4.79 Å². The quantitative estimate of drug-likeness (QED) is 0.667. The summed E-state index contributed by atoms with van der Waals surface area (Å²) in [6.07, 6.45) is 0. The van der Waals surface area contributed by atoms with Gasteiger partial charge in [-0.15, -0.1) is 0 Å². The smallest absolute Gasteiger partial charge is 0.324 e. The molecule has 0 aliphatic heterocycles. The van der Waals surface area contributed by atoms with Crippen molar-refractivity contribution in [2.75, 3.05) is 0 Å². The monoisotopic (exact) mass is 182 g/mol. The highest BCUT2D eigenvalue weighted by molar-refractivity contribution is 7.78. The van der Waals surface area contributed by atoms with E-state index in [2.05, 4.69) is 12.8 Å². The molecule has 12 heavy (non-hydrogen) atoms. The van der Waals surface area contributed by atoms with Gasteiger partial charge in [0, 0.05) is 0 Å². The number of amides is 2. The van der Waals surface area contributed by atoms with Crippen LogP contribution in [0, 0.1) is 0 Å². The van der Waals surface area contributed by atoms with Crippen molar-refractivity contribution in [3.8, 4) is 0 Å². The SMILES string of the molecule is NC(=O)N(S)Cc1ccccc1. The fourth-order valence-corrected chi connectivity index (χ4v) is 0.998. The highest BCUT2D eigenvalue weighted by Crippen LogP contribution is 2.05. The molecule has 0 aliphatic rings. The Hall–Kier alpha value is -1.16. The van der Waals surface area contributed by atoms with Crippen LogP contribution >= 0.6 is 12.8 Å². The summed E-state index contributed by atoms with van der Waals surface area (Å²) in [6, 6.07) is 8.99. The Morgan fingerprint density at radius 3 is 2.50 bits per heavy atom. The minimum absolute atomic E-state index is 0.430. The van der Waals surface area contributed by atoms with Crippen LogP contribution in [0.5, 0.6) is 0 Å². The predicted molar refractivity (Wildman–Crippen MR) is 50.6 cm³/mol. The van der Waals surface area contributed by atoms with E-state index in [1.807, 2.05) is 30.3 Å². The van der Waals surface area contributed by atoms with Crippen LogP contribution in [0.25, 0.3) is 0 Å². The number of rotatable bonds is 2. The van der Waals surface area contributed by atoms with E-state index in [0.717, 1.165) is 9.87 Å². The van der Waals surface area contributed by atoms with E-state index in [0.29, 0.717) is 6.54 Å². The topological polar surface area (TPSA) is 46.3 Å². The zero-order valence-electron chi connectivity index (χ0n) is 6.47.